The zero-order valence-corrected chi connectivity index (χ0v) is 17.3. The highest BCUT2D eigenvalue weighted by Gasteiger charge is 2.28. The van der Waals surface area contributed by atoms with Gasteiger partial charge in [-0.1, -0.05) is 70.6 Å². The van der Waals surface area contributed by atoms with Crippen LogP contribution in [0.15, 0.2) is 4.99 Å². The van der Waals surface area contributed by atoms with Gasteiger partial charge in [0, 0.05) is 17.0 Å². The van der Waals surface area contributed by atoms with Gasteiger partial charge >= 0.3 is 0 Å². The first-order valence-electron chi connectivity index (χ1n) is 11.6. The van der Waals surface area contributed by atoms with E-state index in [1.54, 1.807) is 5.71 Å². The second-order valence-corrected chi connectivity index (χ2v) is 10.1. The van der Waals surface area contributed by atoms with E-state index in [9.17, 15) is 0 Å². The third-order valence-electron chi connectivity index (χ3n) is 6.70. The molecule has 3 aliphatic rings. The zero-order valence-electron chi connectivity index (χ0n) is 16.5. The molecule has 0 N–H and O–H groups in total. The maximum Gasteiger partial charge on any atom is 0.0499 e. The van der Waals surface area contributed by atoms with Gasteiger partial charge in [0.05, 0.1) is 0 Å². The monoisotopic (exact) mass is 363 g/mol. The summed E-state index contributed by atoms with van der Waals surface area (Å²) in [5, 5.41) is 0.762. The summed E-state index contributed by atoms with van der Waals surface area (Å²) in [6.07, 6.45) is 25.8. The molecule has 0 aromatic carbocycles. The van der Waals surface area contributed by atoms with Crippen LogP contribution in [0.3, 0.4) is 0 Å². The largest absolute Gasteiger partial charge is 0.290 e. The number of nitrogens with zero attached hydrogens (tertiary/aromatic N) is 1. The van der Waals surface area contributed by atoms with Crippen molar-refractivity contribution in [2.75, 3.05) is 5.75 Å². The summed E-state index contributed by atoms with van der Waals surface area (Å²) < 4.78 is 0. The summed E-state index contributed by atoms with van der Waals surface area (Å²) in [7, 11) is 0. The van der Waals surface area contributed by atoms with Crippen molar-refractivity contribution in [3.8, 4) is 0 Å². The van der Waals surface area contributed by atoms with Crippen LogP contribution < -0.4 is 0 Å². The smallest absolute Gasteiger partial charge is 0.0499 e. The van der Waals surface area contributed by atoms with Crippen LogP contribution in [-0.2, 0) is 0 Å². The van der Waals surface area contributed by atoms with Crippen LogP contribution >= 0.6 is 11.8 Å². The van der Waals surface area contributed by atoms with E-state index < -0.39 is 0 Å². The van der Waals surface area contributed by atoms with Crippen LogP contribution in [0.4, 0.5) is 0 Å². The number of aliphatic imine (C=N–C) groups is 1. The standard InChI is InChI=1S/C23H41NS/c1-2-4-9-15-20(14-8-3-1)23-22(18-12-5-6-13-19-25-23)24-21-16-10-7-11-17-21/h20-21,23H,1-19H2. The fourth-order valence-corrected chi connectivity index (χ4v) is 6.71. The Bertz CT molecular complexity index is 376. The molecule has 1 saturated heterocycles. The fourth-order valence-electron chi connectivity index (χ4n) is 5.17. The van der Waals surface area contributed by atoms with Gasteiger partial charge in [0.1, 0.15) is 0 Å². The van der Waals surface area contributed by atoms with Crippen LogP contribution in [0.1, 0.15) is 116 Å². The molecule has 2 aliphatic carbocycles. The third kappa shape index (κ3) is 6.92. The lowest BCUT2D eigenvalue weighted by atomic mass is 9.88. The first-order valence-corrected chi connectivity index (χ1v) is 12.7. The van der Waals surface area contributed by atoms with Gasteiger partial charge in [0.15, 0.2) is 0 Å². The molecule has 0 bridgehead atoms. The number of hydrogen-bond donors (Lipinski definition) is 0. The highest BCUT2D eigenvalue weighted by molar-refractivity contribution is 8.00. The van der Waals surface area contributed by atoms with Gasteiger partial charge in [0.25, 0.3) is 0 Å². The molecule has 0 aromatic rings. The molecule has 144 valence electrons. The second kappa shape index (κ2) is 11.7. The topological polar surface area (TPSA) is 12.4 Å². The predicted octanol–water partition coefficient (Wildman–Crippen LogP) is 7.58. The Kier molecular flexibility index (Phi) is 9.23. The van der Waals surface area contributed by atoms with Crippen molar-refractivity contribution < 1.29 is 0 Å². The molecule has 0 amide bonds. The van der Waals surface area contributed by atoms with Gasteiger partial charge in [-0.15, -0.1) is 0 Å². The molecule has 0 radical (unpaired) electrons. The number of thioether (sulfide) groups is 1. The summed E-state index contributed by atoms with van der Waals surface area (Å²) >= 11 is 2.31. The Balaban J connectivity index is 1.73. The van der Waals surface area contributed by atoms with E-state index >= 15 is 0 Å². The molecule has 1 unspecified atom stereocenters. The highest BCUT2D eigenvalue weighted by Crippen LogP contribution is 2.35. The minimum Gasteiger partial charge on any atom is -0.290 e. The molecule has 2 heteroatoms. The second-order valence-electron chi connectivity index (χ2n) is 8.83. The average Bonchev–Trinajstić information content (AvgIpc) is 2.84. The molecule has 0 spiro atoms. The maximum absolute atomic E-state index is 5.47. The molecule has 2 saturated carbocycles. The highest BCUT2D eigenvalue weighted by atomic mass is 32.2. The van der Waals surface area contributed by atoms with Gasteiger partial charge in [0.2, 0.25) is 0 Å². The van der Waals surface area contributed by atoms with Crippen molar-refractivity contribution >= 4 is 17.5 Å². The van der Waals surface area contributed by atoms with Crippen molar-refractivity contribution in [1.82, 2.24) is 0 Å². The fraction of sp³-hybridized carbons (Fsp3) is 0.957. The maximum atomic E-state index is 5.47. The van der Waals surface area contributed by atoms with Crippen LogP contribution in [0.5, 0.6) is 0 Å². The zero-order chi connectivity index (χ0) is 17.2. The lowest BCUT2D eigenvalue weighted by Crippen LogP contribution is -2.29. The molecular weight excluding hydrogens is 322 g/mol. The molecule has 1 nitrogen and oxygen atoms in total. The van der Waals surface area contributed by atoms with E-state index in [4.69, 9.17) is 4.99 Å². The van der Waals surface area contributed by atoms with E-state index in [0.717, 1.165) is 11.2 Å². The van der Waals surface area contributed by atoms with E-state index in [0.29, 0.717) is 6.04 Å². The molecule has 0 aromatic heterocycles. The van der Waals surface area contributed by atoms with Gasteiger partial charge < -0.3 is 0 Å². The van der Waals surface area contributed by atoms with Crippen molar-refractivity contribution in [1.29, 1.82) is 0 Å². The molecule has 1 atom stereocenters. The van der Waals surface area contributed by atoms with Gasteiger partial charge in [-0.05, 0) is 56.6 Å². The molecule has 3 fully saturated rings. The predicted molar refractivity (Wildman–Crippen MR) is 114 cm³/mol. The summed E-state index contributed by atoms with van der Waals surface area (Å²) in [6, 6.07) is 0.670. The quantitative estimate of drug-likeness (QED) is 0.492. The van der Waals surface area contributed by atoms with E-state index in [1.165, 1.54) is 121 Å². The van der Waals surface area contributed by atoms with E-state index in [2.05, 4.69) is 11.8 Å². The third-order valence-corrected chi connectivity index (χ3v) is 8.24. The van der Waals surface area contributed by atoms with Crippen molar-refractivity contribution in [2.45, 2.75) is 127 Å². The summed E-state index contributed by atoms with van der Waals surface area (Å²) in [5.74, 6) is 2.30. The normalized spacial score (nSPS) is 31.4. The number of rotatable bonds is 2. The first-order chi connectivity index (χ1) is 12.4. The Morgan fingerprint density at radius 3 is 1.92 bits per heavy atom. The molecule has 1 heterocycles. The lowest BCUT2D eigenvalue weighted by Gasteiger charge is -2.30. The molecular formula is C23H41NS. The van der Waals surface area contributed by atoms with Gasteiger partial charge in [-0.3, -0.25) is 4.99 Å². The summed E-state index contributed by atoms with van der Waals surface area (Å²) in [4.78, 5) is 5.47. The number of hydrogen-bond acceptors (Lipinski definition) is 2. The molecule has 25 heavy (non-hydrogen) atoms. The lowest BCUT2D eigenvalue weighted by molar-refractivity contribution is 0.431. The molecule has 1 aliphatic heterocycles. The van der Waals surface area contributed by atoms with Gasteiger partial charge in [-0.25, -0.2) is 0 Å². The van der Waals surface area contributed by atoms with Crippen molar-refractivity contribution in [2.24, 2.45) is 10.9 Å². The van der Waals surface area contributed by atoms with Crippen LogP contribution in [0.25, 0.3) is 0 Å². The van der Waals surface area contributed by atoms with Crippen LogP contribution in [-0.4, -0.2) is 22.8 Å². The van der Waals surface area contributed by atoms with Crippen LogP contribution in [0.2, 0.25) is 0 Å². The van der Waals surface area contributed by atoms with Gasteiger partial charge in [-0.2, -0.15) is 11.8 Å². The molecule has 3 rings (SSSR count). The van der Waals surface area contributed by atoms with Crippen LogP contribution in [0, 0.1) is 5.92 Å². The Morgan fingerprint density at radius 2 is 1.16 bits per heavy atom. The van der Waals surface area contributed by atoms with Crippen molar-refractivity contribution in [3.63, 3.8) is 0 Å². The van der Waals surface area contributed by atoms with E-state index in [1.807, 2.05) is 0 Å². The minimum atomic E-state index is 0.670. The summed E-state index contributed by atoms with van der Waals surface area (Å²) in [6.45, 7) is 0. The Morgan fingerprint density at radius 1 is 0.600 bits per heavy atom. The first kappa shape index (κ1) is 19.8. The Labute approximate surface area is 161 Å². The van der Waals surface area contributed by atoms with E-state index in [-0.39, 0.29) is 0 Å². The average molecular weight is 364 g/mol. The summed E-state index contributed by atoms with van der Waals surface area (Å²) in [5.41, 5.74) is 1.66. The minimum absolute atomic E-state index is 0.670. The van der Waals surface area contributed by atoms with Crippen molar-refractivity contribution in [3.05, 3.63) is 0 Å². The SMILES string of the molecule is C1CCCCC(C2SCCCCCCC2=NC2CCCCC2)CCC1. The Hall–Kier alpha value is 0.0200.